The SMILES string of the molecule is CC(CS(C)(=O)=O)N(C)C(=O)C[C@@H]1CCC[C@H]1N.Cl. The van der Waals surface area contributed by atoms with E-state index < -0.39 is 9.84 Å². The average molecular weight is 313 g/mol. The first kappa shape index (κ1) is 18.7. The lowest BCUT2D eigenvalue weighted by molar-refractivity contribution is -0.132. The Balaban J connectivity index is 0.00000324. The number of halogens is 1. The van der Waals surface area contributed by atoms with Gasteiger partial charge in [0, 0.05) is 31.8 Å². The standard InChI is InChI=1S/C12H24N2O3S.ClH/c1-9(8-18(3,16)17)14(2)12(15)7-10-5-4-6-11(10)13;/h9-11H,4-8,13H2,1-3H3;1H/t9?,10-,11+;/m0./s1. The van der Waals surface area contributed by atoms with Crippen LogP contribution >= 0.6 is 12.4 Å². The molecule has 5 nitrogen and oxygen atoms in total. The first-order valence-electron chi connectivity index (χ1n) is 6.39. The number of sulfone groups is 1. The van der Waals surface area contributed by atoms with Crippen LogP contribution in [0, 0.1) is 5.92 Å². The molecule has 0 aromatic rings. The van der Waals surface area contributed by atoms with Gasteiger partial charge in [0.25, 0.3) is 0 Å². The smallest absolute Gasteiger partial charge is 0.222 e. The number of amides is 1. The number of nitrogens with two attached hydrogens (primary N) is 1. The molecule has 0 saturated heterocycles. The molecule has 114 valence electrons. The molecule has 2 N–H and O–H groups in total. The second-order valence-electron chi connectivity index (χ2n) is 5.51. The van der Waals surface area contributed by atoms with E-state index in [-0.39, 0.29) is 42.1 Å². The maximum absolute atomic E-state index is 12.0. The van der Waals surface area contributed by atoms with E-state index in [9.17, 15) is 13.2 Å². The normalized spacial score (nSPS) is 24.6. The lowest BCUT2D eigenvalue weighted by atomic mass is 9.99. The Labute approximate surface area is 122 Å². The molecule has 0 aromatic heterocycles. The minimum Gasteiger partial charge on any atom is -0.342 e. The van der Waals surface area contributed by atoms with Crippen LogP contribution in [-0.2, 0) is 14.6 Å². The van der Waals surface area contributed by atoms with E-state index in [1.54, 1.807) is 14.0 Å². The van der Waals surface area contributed by atoms with Crippen molar-refractivity contribution in [1.82, 2.24) is 4.90 Å². The second kappa shape index (κ2) is 7.45. The van der Waals surface area contributed by atoms with Gasteiger partial charge in [-0.2, -0.15) is 0 Å². The summed E-state index contributed by atoms with van der Waals surface area (Å²) in [6.07, 6.45) is 4.70. The summed E-state index contributed by atoms with van der Waals surface area (Å²) in [4.78, 5) is 13.6. The van der Waals surface area contributed by atoms with Crippen LogP contribution in [0.25, 0.3) is 0 Å². The topological polar surface area (TPSA) is 80.5 Å². The van der Waals surface area contributed by atoms with E-state index in [1.165, 1.54) is 11.2 Å². The molecule has 0 bridgehead atoms. The van der Waals surface area contributed by atoms with E-state index >= 15 is 0 Å². The first-order chi connectivity index (χ1) is 8.20. The highest BCUT2D eigenvalue weighted by molar-refractivity contribution is 7.90. The van der Waals surface area contributed by atoms with E-state index in [1.807, 2.05) is 0 Å². The van der Waals surface area contributed by atoms with Crippen LogP contribution in [-0.4, -0.2) is 50.4 Å². The number of carbonyl (C=O) groups excluding carboxylic acids is 1. The molecular weight excluding hydrogens is 288 g/mol. The van der Waals surface area contributed by atoms with Crippen LogP contribution in [0.2, 0.25) is 0 Å². The van der Waals surface area contributed by atoms with Gasteiger partial charge in [-0.05, 0) is 25.7 Å². The summed E-state index contributed by atoms with van der Waals surface area (Å²) in [7, 11) is -1.39. The van der Waals surface area contributed by atoms with Crippen LogP contribution in [0.3, 0.4) is 0 Å². The third kappa shape index (κ3) is 6.10. The van der Waals surface area contributed by atoms with Crippen molar-refractivity contribution in [2.24, 2.45) is 11.7 Å². The maximum Gasteiger partial charge on any atom is 0.222 e. The minimum atomic E-state index is -3.06. The van der Waals surface area contributed by atoms with Crippen LogP contribution in [0.15, 0.2) is 0 Å². The van der Waals surface area contributed by atoms with Crippen molar-refractivity contribution >= 4 is 28.2 Å². The maximum atomic E-state index is 12.0. The Morgan fingerprint density at radius 1 is 1.42 bits per heavy atom. The Morgan fingerprint density at radius 3 is 2.42 bits per heavy atom. The van der Waals surface area contributed by atoms with Crippen molar-refractivity contribution < 1.29 is 13.2 Å². The highest BCUT2D eigenvalue weighted by Crippen LogP contribution is 2.27. The minimum absolute atomic E-state index is 0. The molecule has 0 radical (unpaired) electrons. The first-order valence-corrected chi connectivity index (χ1v) is 8.45. The van der Waals surface area contributed by atoms with Crippen molar-refractivity contribution in [2.75, 3.05) is 19.1 Å². The largest absolute Gasteiger partial charge is 0.342 e. The van der Waals surface area contributed by atoms with Crippen LogP contribution in [0.5, 0.6) is 0 Å². The van der Waals surface area contributed by atoms with Crippen molar-refractivity contribution in [3.05, 3.63) is 0 Å². The van der Waals surface area contributed by atoms with Crippen molar-refractivity contribution in [3.8, 4) is 0 Å². The van der Waals surface area contributed by atoms with Gasteiger partial charge in [-0.25, -0.2) is 8.42 Å². The van der Waals surface area contributed by atoms with Gasteiger partial charge < -0.3 is 10.6 Å². The number of rotatable bonds is 5. The Morgan fingerprint density at radius 2 is 2.00 bits per heavy atom. The molecule has 1 saturated carbocycles. The monoisotopic (exact) mass is 312 g/mol. The molecule has 1 aliphatic rings. The van der Waals surface area contributed by atoms with E-state index in [0.29, 0.717) is 6.42 Å². The van der Waals surface area contributed by atoms with Gasteiger partial charge in [0.05, 0.1) is 5.75 Å². The molecule has 3 atom stereocenters. The van der Waals surface area contributed by atoms with Gasteiger partial charge >= 0.3 is 0 Å². The van der Waals surface area contributed by atoms with Gasteiger partial charge in [-0.15, -0.1) is 12.4 Å². The number of hydrogen-bond acceptors (Lipinski definition) is 4. The van der Waals surface area contributed by atoms with Gasteiger partial charge in [0.1, 0.15) is 9.84 Å². The third-order valence-corrected chi connectivity index (χ3v) is 4.84. The van der Waals surface area contributed by atoms with E-state index in [2.05, 4.69) is 0 Å². The second-order valence-corrected chi connectivity index (χ2v) is 7.69. The van der Waals surface area contributed by atoms with Crippen LogP contribution in [0.1, 0.15) is 32.6 Å². The van der Waals surface area contributed by atoms with Gasteiger partial charge in [0.2, 0.25) is 5.91 Å². The summed E-state index contributed by atoms with van der Waals surface area (Å²) in [5.74, 6) is 0.255. The molecule has 0 heterocycles. The summed E-state index contributed by atoms with van der Waals surface area (Å²) in [5.41, 5.74) is 5.94. The Hall–Kier alpha value is -0.330. The van der Waals surface area contributed by atoms with Gasteiger partial charge in [0.15, 0.2) is 0 Å². The molecule has 0 spiro atoms. The quantitative estimate of drug-likeness (QED) is 0.815. The van der Waals surface area contributed by atoms with E-state index in [0.717, 1.165) is 19.3 Å². The zero-order valence-electron chi connectivity index (χ0n) is 11.8. The highest BCUT2D eigenvalue weighted by atomic mass is 35.5. The van der Waals surface area contributed by atoms with Crippen molar-refractivity contribution in [1.29, 1.82) is 0 Å². The molecule has 7 heteroatoms. The molecule has 19 heavy (non-hydrogen) atoms. The molecule has 1 rings (SSSR count). The van der Waals surface area contributed by atoms with Crippen molar-refractivity contribution in [3.63, 3.8) is 0 Å². The third-order valence-electron chi connectivity index (χ3n) is 3.75. The fourth-order valence-electron chi connectivity index (χ4n) is 2.48. The summed E-state index contributed by atoms with van der Waals surface area (Å²) < 4.78 is 22.4. The van der Waals surface area contributed by atoms with Crippen LogP contribution in [0.4, 0.5) is 0 Å². The summed E-state index contributed by atoms with van der Waals surface area (Å²) >= 11 is 0. The molecule has 0 aliphatic heterocycles. The van der Waals surface area contributed by atoms with Crippen molar-refractivity contribution in [2.45, 2.75) is 44.7 Å². The summed E-state index contributed by atoms with van der Waals surface area (Å²) in [5, 5.41) is 0. The Kier molecular flexibility index (Phi) is 7.32. The predicted molar refractivity (Wildman–Crippen MR) is 79.1 cm³/mol. The Bertz CT molecular complexity index is 400. The number of carbonyl (C=O) groups is 1. The predicted octanol–water partition coefficient (Wildman–Crippen LogP) is 0.817. The number of hydrogen-bond donors (Lipinski definition) is 1. The average Bonchev–Trinajstić information content (AvgIpc) is 2.60. The molecule has 0 aromatic carbocycles. The molecule has 1 amide bonds. The number of nitrogens with zero attached hydrogens (tertiary/aromatic N) is 1. The lowest BCUT2D eigenvalue weighted by Gasteiger charge is -2.26. The molecule has 1 fully saturated rings. The highest BCUT2D eigenvalue weighted by Gasteiger charge is 2.28. The zero-order valence-corrected chi connectivity index (χ0v) is 13.5. The lowest BCUT2D eigenvalue weighted by Crippen LogP contribution is -2.41. The fraction of sp³-hybridized carbons (Fsp3) is 0.917. The van der Waals surface area contributed by atoms with E-state index in [4.69, 9.17) is 5.73 Å². The summed E-state index contributed by atoms with van der Waals surface area (Å²) in [6.45, 7) is 1.76. The molecular formula is C12H25ClN2O3S. The fourth-order valence-corrected chi connectivity index (χ4v) is 3.58. The zero-order chi connectivity index (χ0) is 13.9. The van der Waals surface area contributed by atoms with Gasteiger partial charge in [-0.3, -0.25) is 4.79 Å². The van der Waals surface area contributed by atoms with Crippen LogP contribution < -0.4 is 5.73 Å². The summed E-state index contributed by atoms with van der Waals surface area (Å²) in [6, 6.07) is -0.169. The molecule has 1 unspecified atom stereocenters. The van der Waals surface area contributed by atoms with Gasteiger partial charge in [-0.1, -0.05) is 6.42 Å². The molecule has 1 aliphatic carbocycles.